The minimum atomic E-state index is -1.21. The molecule has 4 rings (SSSR count). The second-order valence-electron chi connectivity index (χ2n) is 7.84. The first-order valence-corrected chi connectivity index (χ1v) is 12.2. The van der Waals surface area contributed by atoms with Crippen LogP contribution in [0.2, 0.25) is 0 Å². The monoisotopic (exact) mass is 488 g/mol. The summed E-state index contributed by atoms with van der Waals surface area (Å²) >= 11 is 0. The highest BCUT2D eigenvalue weighted by Crippen LogP contribution is 2.30. The van der Waals surface area contributed by atoms with Gasteiger partial charge in [0.15, 0.2) is 0 Å². The van der Waals surface area contributed by atoms with Crippen molar-refractivity contribution >= 4 is 28.4 Å². The molecule has 0 unspecified atom stereocenters. The molecule has 0 saturated carbocycles. The van der Waals surface area contributed by atoms with E-state index in [4.69, 9.17) is 9.47 Å². The molecule has 34 heavy (non-hydrogen) atoms. The van der Waals surface area contributed by atoms with Gasteiger partial charge in [0.2, 0.25) is 0 Å². The van der Waals surface area contributed by atoms with Crippen LogP contribution in [0.1, 0.15) is 16.1 Å². The second kappa shape index (κ2) is 9.90. The number of carbonyl (C=O) groups is 2. The number of imidazole rings is 1. The summed E-state index contributed by atoms with van der Waals surface area (Å²) in [5, 5.41) is 2.48. The van der Waals surface area contributed by atoms with Crippen LogP contribution in [0, 0.1) is 5.82 Å². The van der Waals surface area contributed by atoms with Crippen LogP contribution >= 0.6 is 0 Å². The fraction of sp³-hybridized carbons (Fsp3) is 0.348. The van der Waals surface area contributed by atoms with Crippen LogP contribution in [0.25, 0.3) is 16.9 Å². The van der Waals surface area contributed by atoms with Crippen LogP contribution in [0.5, 0.6) is 0 Å². The first-order chi connectivity index (χ1) is 16.3. The highest BCUT2D eigenvalue weighted by atomic mass is 32.2. The van der Waals surface area contributed by atoms with Crippen LogP contribution in [0.4, 0.5) is 9.18 Å². The summed E-state index contributed by atoms with van der Waals surface area (Å²) in [6.07, 6.45) is 2.87. The standard InChI is InChI=1S/C23H25FN4O5S/c1-25-22(29)14-4-5-17(18(24)10-14)21-19(11-15-13-27(8-9-33-15)23(30)32-2)28-7-6-16(34(3)31)12-20(28)26-21/h4-7,10,12,15H,8-9,11,13H2,1-3H3,(H,25,29)/t15-,34+/m0/s1. The van der Waals surface area contributed by atoms with Gasteiger partial charge in [-0.05, 0) is 30.3 Å². The Hall–Kier alpha value is -3.31. The lowest BCUT2D eigenvalue weighted by Crippen LogP contribution is -2.46. The summed E-state index contributed by atoms with van der Waals surface area (Å²) in [7, 11) is 1.59. The van der Waals surface area contributed by atoms with Gasteiger partial charge in [0.25, 0.3) is 5.91 Å². The minimum absolute atomic E-state index is 0.196. The molecule has 1 aliphatic rings. The van der Waals surface area contributed by atoms with Crippen molar-refractivity contribution in [1.29, 1.82) is 0 Å². The molecule has 2 atom stereocenters. The molecule has 3 aromatic rings. The van der Waals surface area contributed by atoms with Crippen molar-refractivity contribution in [2.24, 2.45) is 0 Å². The molecule has 3 heterocycles. The van der Waals surface area contributed by atoms with Gasteiger partial charge < -0.3 is 24.1 Å². The number of aromatic nitrogens is 2. The average molecular weight is 489 g/mol. The van der Waals surface area contributed by atoms with Crippen molar-refractivity contribution in [3.63, 3.8) is 0 Å². The molecule has 1 saturated heterocycles. The number of morpholine rings is 1. The number of carbonyl (C=O) groups excluding carboxylic acids is 2. The molecule has 0 bridgehead atoms. The smallest absolute Gasteiger partial charge is 0.409 e. The van der Waals surface area contributed by atoms with Gasteiger partial charge in [0.1, 0.15) is 11.5 Å². The van der Waals surface area contributed by atoms with Gasteiger partial charge in [-0.15, -0.1) is 0 Å². The molecule has 0 aliphatic carbocycles. The van der Waals surface area contributed by atoms with E-state index in [0.717, 1.165) is 0 Å². The average Bonchev–Trinajstić information content (AvgIpc) is 3.20. The topological polar surface area (TPSA) is 102 Å². The zero-order valence-corrected chi connectivity index (χ0v) is 19.9. The molecular formula is C23H25FN4O5S. The van der Waals surface area contributed by atoms with Gasteiger partial charge in [-0.25, -0.2) is 14.2 Å². The molecule has 1 aliphatic heterocycles. The van der Waals surface area contributed by atoms with E-state index in [0.29, 0.717) is 48.0 Å². The third-order valence-corrected chi connectivity index (χ3v) is 6.65. The number of amides is 2. The Balaban J connectivity index is 1.78. The second-order valence-corrected chi connectivity index (χ2v) is 9.22. The number of fused-ring (bicyclic) bond motifs is 1. The Morgan fingerprint density at radius 3 is 2.79 bits per heavy atom. The van der Waals surface area contributed by atoms with Crippen molar-refractivity contribution in [2.75, 3.05) is 40.1 Å². The van der Waals surface area contributed by atoms with Crippen LogP contribution in [-0.4, -0.2) is 76.7 Å². The largest absolute Gasteiger partial charge is 0.453 e. The predicted octanol–water partition coefficient (Wildman–Crippen LogP) is 2.25. The van der Waals surface area contributed by atoms with Crippen molar-refractivity contribution in [2.45, 2.75) is 17.4 Å². The Bertz CT molecular complexity index is 1280. The first kappa shape index (κ1) is 23.8. The zero-order chi connectivity index (χ0) is 24.4. The van der Waals surface area contributed by atoms with E-state index < -0.39 is 28.6 Å². The van der Waals surface area contributed by atoms with Gasteiger partial charge >= 0.3 is 6.09 Å². The van der Waals surface area contributed by atoms with E-state index in [-0.39, 0.29) is 17.2 Å². The number of halogens is 1. The van der Waals surface area contributed by atoms with Gasteiger partial charge in [-0.3, -0.25) is 9.00 Å². The normalized spacial score (nSPS) is 16.9. The number of nitrogens with one attached hydrogen (secondary N) is 1. The number of methoxy groups -OCH3 is 1. The first-order valence-electron chi connectivity index (χ1n) is 10.6. The molecule has 11 heteroatoms. The number of hydrogen-bond acceptors (Lipinski definition) is 6. The Morgan fingerprint density at radius 1 is 1.32 bits per heavy atom. The molecule has 0 spiro atoms. The molecule has 0 radical (unpaired) electrons. The Labute approximate surface area is 198 Å². The fourth-order valence-corrected chi connectivity index (χ4v) is 4.54. The van der Waals surface area contributed by atoms with E-state index in [1.807, 2.05) is 0 Å². The lowest BCUT2D eigenvalue weighted by Gasteiger charge is -2.32. The van der Waals surface area contributed by atoms with Crippen LogP contribution in [-0.2, 0) is 26.7 Å². The van der Waals surface area contributed by atoms with Gasteiger partial charge in [0.05, 0.1) is 37.8 Å². The molecule has 9 nitrogen and oxygen atoms in total. The molecule has 2 aromatic heterocycles. The zero-order valence-electron chi connectivity index (χ0n) is 19.0. The lowest BCUT2D eigenvalue weighted by atomic mass is 10.0. The van der Waals surface area contributed by atoms with Crippen molar-refractivity contribution in [3.05, 3.63) is 53.6 Å². The summed E-state index contributed by atoms with van der Waals surface area (Å²) in [6, 6.07) is 7.65. The molecule has 180 valence electrons. The molecule has 1 aromatic carbocycles. The van der Waals surface area contributed by atoms with Gasteiger partial charge in [-0.1, -0.05) is 0 Å². The van der Waals surface area contributed by atoms with Crippen LogP contribution < -0.4 is 5.32 Å². The van der Waals surface area contributed by atoms with Crippen LogP contribution in [0.3, 0.4) is 0 Å². The summed E-state index contributed by atoms with van der Waals surface area (Å²) in [4.78, 5) is 30.7. The Kier molecular flexibility index (Phi) is 6.94. The predicted molar refractivity (Wildman–Crippen MR) is 124 cm³/mol. The summed E-state index contributed by atoms with van der Waals surface area (Å²) in [5.74, 6) is -0.986. The van der Waals surface area contributed by atoms with E-state index in [1.54, 1.807) is 33.9 Å². The van der Waals surface area contributed by atoms with Crippen LogP contribution in [0.15, 0.2) is 41.4 Å². The number of pyridine rings is 1. The summed E-state index contributed by atoms with van der Waals surface area (Å²) < 4.78 is 39.7. The quantitative estimate of drug-likeness (QED) is 0.591. The minimum Gasteiger partial charge on any atom is -0.453 e. The third kappa shape index (κ3) is 4.66. The molecular weight excluding hydrogens is 463 g/mol. The molecule has 2 amide bonds. The number of nitrogens with zero attached hydrogens (tertiary/aromatic N) is 3. The summed E-state index contributed by atoms with van der Waals surface area (Å²) in [5.41, 5.74) is 1.99. The maximum Gasteiger partial charge on any atom is 0.409 e. The number of ether oxygens (including phenoxy) is 2. The van der Waals surface area contributed by atoms with Gasteiger partial charge in [0, 0.05) is 59.3 Å². The van der Waals surface area contributed by atoms with E-state index >= 15 is 4.39 Å². The Morgan fingerprint density at radius 2 is 2.12 bits per heavy atom. The van der Waals surface area contributed by atoms with Gasteiger partial charge in [-0.2, -0.15) is 0 Å². The highest BCUT2D eigenvalue weighted by Gasteiger charge is 2.28. The lowest BCUT2D eigenvalue weighted by molar-refractivity contribution is -0.0241. The molecule has 1 fully saturated rings. The maximum atomic E-state index is 15.2. The number of benzene rings is 1. The number of hydrogen-bond donors (Lipinski definition) is 1. The van der Waals surface area contributed by atoms with Crippen molar-refractivity contribution in [3.8, 4) is 11.3 Å². The van der Waals surface area contributed by atoms with E-state index in [1.165, 1.54) is 32.4 Å². The summed E-state index contributed by atoms with van der Waals surface area (Å²) in [6.45, 7) is 1.08. The van der Waals surface area contributed by atoms with Crippen molar-refractivity contribution in [1.82, 2.24) is 19.6 Å². The fourth-order valence-electron chi connectivity index (χ4n) is 4.01. The third-order valence-electron chi connectivity index (χ3n) is 5.73. The SMILES string of the molecule is CNC(=O)c1ccc(-c2nc3cc([S@@](C)=O)ccn3c2C[C@H]2CN(C(=O)OC)CCO2)c(F)c1. The van der Waals surface area contributed by atoms with Crippen molar-refractivity contribution < 1.29 is 27.7 Å². The van der Waals surface area contributed by atoms with E-state index in [9.17, 15) is 13.8 Å². The maximum absolute atomic E-state index is 15.2. The van der Waals surface area contributed by atoms with E-state index in [2.05, 4.69) is 10.3 Å². The number of rotatable bonds is 5. The molecule has 1 N–H and O–H groups in total. The highest BCUT2D eigenvalue weighted by molar-refractivity contribution is 7.84.